The Morgan fingerprint density at radius 2 is 1.73 bits per heavy atom. The molecule has 0 radical (unpaired) electrons. The van der Waals surface area contributed by atoms with Gasteiger partial charge in [-0.25, -0.2) is 14.4 Å². The minimum atomic E-state index is -4.54. The lowest BCUT2D eigenvalue weighted by molar-refractivity contribution is -0.140. The summed E-state index contributed by atoms with van der Waals surface area (Å²) in [5, 5.41) is 0. The highest BCUT2D eigenvalue weighted by Crippen LogP contribution is 2.34. The van der Waals surface area contributed by atoms with Crippen molar-refractivity contribution in [2.24, 2.45) is 5.41 Å². The van der Waals surface area contributed by atoms with Crippen LogP contribution in [0.5, 0.6) is 0 Å². The molecule has 2 aromatic heterocycles. The second kappa shape index (κ2) is 6.26. The number of nitrogens with zero attached hydrogens (tertiary/aromatic N) is 3. The molecule has 0 fully saturated rings. The molecule has 0 amide bonds. The van der Waals surface area contributed by atoms with Gasteiger partial charge in [0.25, 0.3) is 0 Å². The number of nitrogens with one attached hydrogen (secondary N) is 1. The third-order valence-electron chi connectivity index (χ3n) is 3.69. The number of hydrogen-bond acceptors (Lipinski definition) is 2. The van der Waals surface area contributed by atoms with E-state index in [9.17, 15) is 17.6 Å². The normalized spacial score (nSPS) is 12.6. The van der Waals surface area contributed by atoms with Crippen LogP contribution in [0.15, 0.2) is 36.8 Å². The van der Waals surface area contributed by atoms with Crippen LogP contribution in [0.2, 0.25) is 0 Å². The van der Waals surface area contributed by atoms with Gasteiger partial charge in [-0.1, -0.05) is 20.8 Å². The van der Waals surface area contributed by atoms with Crippen LogP contribution >= 0.6 is 0 Å². The summed E-state index contributed by atoms with van der Waals surface area (Å²) in [6.07, 6.45) is -2.15. The summed E-state index contributed by atoms with van der Waals surface area (Å²) in [6, 6.07) is 5.64. The zero-order valence-corrected chi connectivity index (χ0v) is 14.5. The molecule has 0 bridgehead atoms. The fourth-order valence-electron chi connectivity index (χ4n) is 2.67. The van der Waals surface area contributed by atoms with Crippen LogP contribution < -0.4 is 0 Å². The molecule has 0 saturated carbocycles. The first-order valence-electron chi connectivity index (χ1n) is 7.99. The van der Waals surface area contributed by atoms with Gasteiger partial charge in [0.1, 0.15) is 11.5 Å². The summed E-state index contributed by atoms with van der Waals surface area (Å²) in [6.45, 7) is 6.56. The molecule has 0 spiro atoms. The molecule has 0 aliphatic heterocycles. The molecular formula is C18H18F4N4. The van der Waals surface area contributed by atoms with Crippen LogP contribution in [0, 0.1) is 11.2 Å². The number of rotatable bonds is 3. The monoisotopic (exact) mass is 366 g/mol. The fraction of sp³-hybridized carbons (Fsp3) is 0.333. The average Bonchev–Trinajstić information content (AvgIpc) is 3.12. The Morgan fingerprint density at radius 1 is 1.08 bits per heavy atom. The Hall–Kier alpha value is -2.64. The summed E-state index contributed by atoms with van der Waals surface area (Å²) < 4.78 is 53.8. The number of benzene rings is 1. The van der Waals surface area contributed by atoms with Crippen molar-refractivity contribution < 1.29 is 17.6 Å². The molecule has 1 aromatic carbocycles. The van der Waals surface area contributed by atoms with E-state index in [0.29, 0.717) is 23.5 Å². The van der Waals surface area contributed by atoms with Crippen LogP contribution in [0.25, 0.3) is 22.8 Å². The quantitative estimate of drug-likeness (QED) is 0.652. The lowest BCUT2D eigenvalue weighted by Gasteiger charge is -2.20. The summed E-state index contributed by atoms with van der Waals surface area (Å²) >= 11 is 0. The molecule has 8 heteroatoms. The average molecular weight is 366 g/mol. The number of aromatic amines is 1. The summed E-state index contributed by atoms with van der Waals surface area (Å²) in [5.74, 6) is -0.333. The van der Waals surface area contributed by atoms with Crippen LogP contribution in [0.4, 0.5) is 17.6 Å². The van der Waals surface area contributed by atoms with E-state index in [1.54, 1.807) is 10.9 Å². The number of imidazole rings is 2. The van der Waals surface area contributed by atoms with Gasteiger partial charge in [0.2, 0.25) is 0 Å². The molecule has 3 aromatic rings. The number of hydrogen-bond donors (Lipinski definition) is 1. The van der Waals surface area contributed by atoms with Crippen molar-refractivity contribution in [1.29, 1.82) is 0 Å². The topological polar surface area (TPSA) is 46.5 Å². The second-order valence-electron chi connectivity index (χ2n) is 7.27. The first-order chi connectivity index (χ1) is 12.0. The highest BCUT2D eigenvalue weighted by Gasteiger charge is 2.34. The number of alkyl halides is 3. The SMILES string of the molecule is CC(C)(C)Cn1cnc(-c2ccc(F)cc2)c1-c1nc(C(F)(F)F)c[nH]1. The number of aromatic nitrogens is 4. The van der Waals surface area contributed by atoms with E-state index in [0.717, 1.165) is 6.20 Å². The maximum Gasteiger partial charge on any atom is 0.434 e. The molecule has 4 nitrogen and oxygen atoms in total. The van der Waals surface area contributed by atoms with Gasteiger partial charge in [-0.05, 0) is 29.7 Å². The van der Waals surface area contributed by atoms with Crippen LogP contribution in [0.1, 0.15) is 26.5 Å². The summed E-state index contributed by atoms with van der Waals surface area (Å²) in [4.78, 5) is 10.6. The van der Waals surface area contributed by atoms with Crippen molar-refractivity contribution >= 4 is 0 Å². The number of H-pyrrole nitrogens is 1. The van der Waals surface area contributed by atoms with E-state index in [-0.39, 0.29) is 11.2 Å². The fourth-order valence-corrected chi connectivity index (χ4v) is 2.67. The Morgan fingerprint density at radius 3 is 2.27 bits per heavy atom. The van der Waals surface area contributed by atoms with Gasteiger partial charge >= 0.3 is 6.18 Å². The predicted molar refractivity (Wildman–Crippen MR) is 89.7 cm³/mol. The van der Waals surface area contributed by atoms with Crippen molar-refractivity contribution in [3.8, 4) is 22.8 Å². The Kier molecular flexibility index (Phi) is 4.37. The van der Waals surface area contributed by atoms with Crippen molar-refractivity contribution in [2.45, 2.75) is 33.5 Å². The van der Waals surface area contributed by atoms with Gasteiger partial charge in [0.05, 0.1) is 12.0 Å². The van der Waals surface area contributed by atoms with Gasteiger partial charge < -0.3 is 9.55 Å². The minimum Gasteiger partial charge on any atom is -0.343 e. The minimum absolute atomic E-state index is 0.0680. The van der Waals surface area contributed by atoms with Gasteiger partial charge in [-0.3, -0.25) is 0 Å². The standard InChI is InChI=1S/C18H18F4N4/c1-17(2,3)9-26-10-24-14(11-4-6-12(19)7-5-11)15(26)16-23-8-13(25-16)18(20,21)22/h4-8,10H,9H2,1-3H3,(H,23,25). The third kappa shape index (κ3) is 3.79. The predicted octanol–water partition coefficient (Wildman–Crippen LogP) is 5.14. The number of halogens is 4. The van der Waals surface area contributed by atoms with E-state index >= 15 is 0 Å². The molecule has 1 N–H and O–H groups in total. The van der Waals surface area contributed by atoms with Crippen molar-refractivity contribution in [3.63, 3.8) is 0 Å². The molecule has 2 heterocycles. The molecule has 0 saturated heterocycles. The Labute approximate surface area is 147 Å². The molecule has 138 valence electrons. The molecular weight excluding hydrogens is 348 g/mol. The highest BCUT2D eigenvalue weighted by atomic mass is 19.4. The third-order valence-corrected chi connectivity index (χ3v) is 3.69. The largest absolute Gasteiger partial charge is 0.434 e. The zero-order chi connectivity index (χ0) is 19.1. The molecule has 0 aliphatic carbocycles. The van der Waals surface area contributed by atoms with E-state index in [2.05, 4.69) is 15.0 Å². The lowest BCUT2D eigenvalue weighted by Crippen LogP contribution is -2.16. The van der Waals surface area contributed by atoms with Crippen LogP contribution in [-0.2, 0) is 12.7 Å². The van der Waals surface area contributed by atoms with E-state index in [1.807, 2.05) is 20.8 Å². The summed E-state index contributed by atoms with van der Waals surface area (Å²) in [7, 11) is 0. The van der Waals surface area contributed by atoms with Gasteiger partial charge in [0.15, 0.2) is 11.5 Å². The first-order valence-corrected chi connectivity index (χ1v) is 7.99. The van der Waals surface area contributed by atoms with Gasteiger partial charge in [-0.2, -0.15) is 13.2 Å². The van der Waals surface area contributed by atoms with Gasteiger partial charge in [0, 0.05) is 18.3 Å². The first kappa shape index (κ1) is 18.2. The smallest absolute Gasteiger partial charge is 0.343 e. The van der Waals surface area contributed by atoms with E-state index in [1.165, 1.54) is 24.3 Å². The van der Waals surface area contributed by atoms with Crippen molar-refractivity contribution in [1.82, 2.24) is 19.5 Å². The maximum absolute atomic E-state index is 13.2. The Balaban J connectivity index is 2.15. The van der Waals surface area contributed by atoms with Crippen molar-refractivity contribution in [2.75, 3.05) is 0 Å². The molecule has 0 aliphatic rings. The molecule has 3 rings (SSSR count). The maximum atomic E-state index is 13.2. The second-order valence-corrected chi connectivity index (χ2v) is 7.27. The lowest BCUT2D eigenvalue weighted by atomic mass is 9.96. The van der Waals surface area contributed by atoms with E-state index in [4.69, 9.17) is 0 Å². The van der Waals surface area contributed by atoms with Crippen LogP contribution in [-0.4, -0.2) is 19.5 Å². The van der Waals surface area contributed by atoms with Crippen molar-refractivity contribution in [3.05, 3.63) is 48.3 Å². The Bertz CT molecular complexity index is 899. The van der Waals surface area contributed by atoms with E-state index < -0.39 is 17.7 Å². The highest BCUT2D eigenvalue weighted by molar-refractivity contribution is 5.75. The van der Waals surface area contributed by atoms with Crippen LogP contribution in [0.3, 0.4) is 0 Å². The summed E-state index contributed by atoms with van der Waals surface area (Å²) in [5.41, 5.74) is 0.342. The zero-order valence-electron chi connectivity index (χ0n) is 14.5. The van der Waals surface area contributed by atoms with Gasteiger partial charge in [-0.15, -0.1) is 0 Å². The molecule has 26 heavy (non-hydrogen) atoms. The molecule has 0 unspecified atom stereocenters. The molecule has 0 atom stereocenters.